The highest BCUT2D eigenvalue weighted by Crippen LogP contribution is 2.17. The van der Waals surface area contributed by atoms with Gasteiger partial charge in [0, 0.05) is 6.54 Å². The third-order valence-corrected chi connectivity index (χ3v) is 4.80. The van der Waals surface area contributed by atoms with Crippen molar-refractivity contribution >= 4 is 21.9 Å². The van der Waals surface area contributed by atoms with Crippen LogP contribution in [0.1, 0.15) is 33.1 Å². The smallest absolute Gasteiger partial charge is 0.326 e. The van der Waals surface area contributed by atoms with Gasteiger partial charge in [0.05, 0.1) is 12.3 Å². The highest BCUT2D eigenvalue weighted by atomic mass is 32.2. The lowest BCUT2D eigenvalue weighted by Gasteiger charge is -2.21. The molecular formula is C15H24N2O5S. The molecule has 23 heavy (non-hydrogen) atoms. The Morgan fingerprint density at radius 2 is 2.09 bits per heavy atom. The van der Waals surface area contributed by atoms with Gasteiger partial charge in [0.25, 0.3) is 0 Å². The molecule has 0 saturated carbocycles. The minimum Gasteiger partial charge on any atom is -0.480 e. The number of sulfonamides is 1. The van der Waals surface area contributed by atoms with Crippen LogP contribution in [0.4, 0.5) is 0 Å². The monoisotopic (exact) mass is 344 g/mol. The molecule has 130 valence electrons. The Hall–Kier alpha value is -1.67. The fraction of sp³-hybridized carbons (Fsp3) is 0.600. The molecule has 1 aliphatic heterocycles. The number of aliphatic carboxylic acids is 1. The maximum atomic E-state index is 12.1. The summed E-state index contributed by atoms with van der Waals surface area (Å²) >= 11 is 0. The summed E-state index contributed by atoms with van der Waals surface area (Å²) in [4.78, 5) is 24.3. The number of carbonyl (C=O) groups excluding carboxylic acids is 1. The number of hydrogen-bond acceptors (Lipinski definition) is 4. The van der Waals surface area contributed by atoms with E-state index < -0.39 is 34.5 Å². The number of nitrogens with zero attached hydrogens (tertiary/aromatic N) is 1. The summed E-state index contributed by atoms with van der Waals surface area (Å²) in [5.41, 5.74) is 0.652. The summed E-state index contributed by atoms with van der Waals surface area (Å²) in [5, 5.41) is 9.05. The summed E-state index contributed by atoms with van der Waals surface area (Å²) in [5.74, 6) is -1.77. The number of nitrogens with one attached hydrogen (secondary N) is 1. The first-order valence-corrected chi connectivity index (χ1v) is 9.27. The molecule has 0 aromatic rings. The van der Waals surface area contributed by atoms with Gasteiger partial charge < -0.3 is 10.0 Å². The molecule has 2 N–H and O–H groups in total. The van der Waals surface area contributed by atoms with Crippen LogP contribution in [0.3, 0.4) is 0 Å². The van der Waals surface area contributed by atoms with E-state index in [1.165, 1.54) is 4.90 Å². The Balaban J connectivity index is 2.63. The van der Waals surface area contributed by atoms with Crippen LogP contribution >= 0.6 is 0 Å². The first-order valence-electron chi connectivity index (χ1n) is 7.62. The van der Waals surface area contributed by atoms with Gasteiger partial charge in [0.1, 0.15) is 6.04 Å². The predicted octanol–water partition coefficient (Wildman–Crippen LogP) is 0.894. The van der Waals surface area contributed by atoms with E-state index in [0.29, 0.717) is 31.4 Å². The second-order valence-corrected chi connectivity index (χ2v) is 7.16. The van der Waals surface area contributed by atoms with Crippen molar-refractivity contribution in [2.75, 3.05) is 18.8 Å². The largest absolute Gasteiger partial charge is 0.480 e. The fourth-order valence-corrected chi connectivity index (χ4v) is 3.62. The van der Waals surface area contributed by atoms with Gasteiger partial charge >= 0.3 is 5.97 Å². The van der Waals surface area contributed by atoms with E-state index in [0.717, 1.165) is 0 Å². The van der Waals surface area contributed by atoms with Crippen LogP contribution in [0.15, 0.2) is 23.8 Å². The molecule has 1 heterocycles. The summed E-state index contributed by atoms with van der Waals surface area (Å²) in [6, 6.07) is -0.856. The summed E-state index contributed by atoms with van der Waals surface area (Å²) in [6.07, 6.45) is 7.00. The lowest BCUT2D eigenvalue weighted by Crippen LogP contribution is -2.45. The summed E-state index contributed by atoms with van der Waals surface area (Å²) in [6.45, 7) is 3.64. The topological polar surface area (TPSA) is 104 Å². The van der Waals surface area contributed by atoms with Gasteiger partial charge in [-0.15, -0.1) is 0 Å². The molecule has 0 radical (unpaired) electrons. The van der Waals surface area contributed by atoms with E-state index >= 15 is 0 Å². The zero-order valence-corrected chi connectivity index (χ0v) is 14.3. The van der Waals surface area contributed by atoms with Crippen molar-refractivity contribution in [3.63, 3.8) is 0 Å². The number of carboxylic acids is 1. The average molecular weight is 344 g/mol. The highest BCUT2D eigenvalue weighted by Gasteiger charge is 2.34. The molecule has 1 aliphatic rings. The number of hydrogen-bond donors (Lipinski definition) is 2. The van der Waals surface area contributed by atoms with Crippen LogP contribution in [-0.2, 0) is 19.6 Å². The molecule has 1 saturated heterocycles. The van der Waals surface area contributed by atoms with Gasteiger partial charge in [-0.2, -0.15) is 0 Å². The zero-order chi connectivity index (χ0) is 17.5. The molecule has 1 amide bonds. The third-order valence-electron chi connectivity index (χ3n) is 3.51. The summed E-state index contributed by atoms with van der Waals surface area (Å²) < 4.78 is 26.4. The third kappa shape index (κ3) is 6.15. The molecule has 0 unspecified atom stereocenters. The molecule has 7 nitrogen and oxygen atoms in total. The minimum absolute atomic E-state index is 0.208. The Kier molecular flexibility index (Phi) is 7.44. The van der Waals surface area contributed by atoms with E-state index in [2.05, 4.69) is 4.72 Å². The standard InChI is InChI=1S/C15H24N2O5S/c1-3-6-12(7-4-2)11-23(21,22)16-10-14(18)17-9-5-8-13(17)15(19)20/h3,6-7,13,16H,4-5,8-11H2,1-2H3,(H,19,20)/b6-3-,12-7+/t13-/m0/s1. The second kappa shape index (κ2) is 8.83. The summed E-state index contributed by atoms with van der Waals surface area (Å²) in [7, 11) is -3.65. The van der Waals surface area contributed by atoms with Gasteiger partial charge in [-0.05, 0) is 31.8 Å². The molecule has 0 aromatic carbocycles. The van der Waals surface area contributed by atoms with Crippen LogP contribution < -0.4 is 4.72 Å². The molecule has 1 rings (SSSR count). The van der Waals surface area contributed by atoms with Gasteiger partial charge in [-0.1, -0.05) is 25.2 Å². The number of amides is 1. The van der Waals surface area contributed by atoms with E-state index in [9.17, 15) is 18.0 Å². The number of likely N-dealkylation sites (tertiary alicyclic amines) is 1. The van der Waals surface area contributed by atoms with Crippen LogP contribution in [-0.4, -0.2) is 55.2 Å². The minimum atomic E-state index is -3.65. The maximum absolute atomic E-state index is 12.1. The van der Waals surface area contributed by atoms with Crippen molar-refractivity contribution in [1.29, 1.82) is 0 Å². The second-order valence-electron chi connectivity index (χ2n) is 5.35. The SMILES string of the molecule is C/C=C\C(=C/CC)CS(=O)(=O)NCC(=O)N1CCC[C@H]1C(=O)O. The van der Waals surface area contributed by atoms with Crippen molar-refractivity contribution in [3.05, 3.63) is 23.8 Å². The van der Waals surface area contributed by atoms with E-state index in [1.54, 1.807) is 19.1 Å². The molecule has 1 atom stereocenters. The first-order chi connectivity index (χ1) is 10.8. The van der Waals surface area contributed by atoms with Crippen LogP contribution in [0.2, 0.25) is 0 Å². The van der Waals surface area contributed by atoms with Crippen LogP contribution in [0.25, 0.3) is 0 Å². The maximum Gasteiger partial charge on any atom is 0.326 e. The normalized spacial score (nSPS) is 19.5. The molecule has 0 aromatic heterocycles. The van der Waals surface area contributed by atoms with Crippen molar-refractivity contribution in [2.45, 2.75) is 39.2 Å². The van der Waals surface area contributed by atoms with Crippen molar-refractivity contribution in [1.82, 2.24) is 9.62 Å². The first kappa shape index (κ1) is 19.4. The van der Waals surface area contributed by atoms with Crippen LogP contribution in [0, 0.1) is 0 Å². The van der Waals surface area contributed by atoms with E-state index in [-0.39, 0.29) is 5.75 Å². The number of allylic oxidation sites excluding steroid dienone is 3. The Morgan fingerprint density at radius 3 is 2.65 bits per heavy atom. The molecule has 0 spiro atoms. The van der Waals surface area contributed by atoms with Crippen LogP contribution in [0.5, 0.6) is 0 Å². The van der Waals surface area contributed by atoms with Crippen molar-refractivity contribution in [2.24, 2.45) is 0 Å². The number of carbonyl (C=O) groups is 2. The molecule has 0 bridgehead atoms. The van der Waals surface area contributed by atoms with Gasteiger partial charge in [0.15, 0.2) is 0 Å². The Bertz CT molecular complexity index is 595. The van der Waals surface area contributed by atoms with Gasteiger partial charge in [0.2, 0.25) is 15.9 Å². The molecular weight excluding hydrogens is 320 g/mol. The highest BCUT2D eigenvalue weighted by molar-refractivity contribution is 7.89. The molecule has 1 fully saturated rings. The average Bonchev–Trinajstić information content (AvgIpc) is 2.94. The predicted molar refractivity (Wildman–Crippen MR) is 87.3 cm³/mol. The molecule has 8 heteroatoms. The number of rotatable bonds is 8. The van der Waals surface area contributed by atoms with E-state index in [1.807, 2.05) is 13.0 Å². The lowest BCUT2D eigenvalue weighted by molar-refractivity contribution is -0.147. The van der Waals surface area contributed by atoms with Gasteiger partial charge in [-0.25, -0.2) is 17.9 Å². The quantitative estimate of drug-likeness (QED) is 0.637. The Labute approximate surface area is 137 Å². The zero-order valence-electron chi connectivity index (χ0n) is 13.5. The van der Waals surface area contributed by atoms with Crippen molar-refractivity contribution in [3.8, 4) is 0 Å². The number of carboxylic acid groups (broad SMARTS) is 1. The van der Waals surface area contributed by atoms with Gasteiger partial charge in [-0.3, -0.25) is 4.79 Å². The Morgan fingerprint density at radius 1 is 1.39 bits per heavy atom. The molecule has 0 aliphatic carbocycles. The van der Waals surface area contributed by atoms with E-state index in [4.69, 9.17) is 5.11 Å². The lowest BCUT2D eigenvalue weighted by atomic mass is 10.2. The van der Waals surface area contributed by atoms with Crippen molar-refractivity contribution < 1.29 is 23.1 Å². The fourth-order valence-electron chi connectivity index (χ4n) is 2.52.